The molecule has 3 aromatic rings. The number of nitrogens with one attached hydrogen (secondary N) is 2. The van der Waals surface area contributed by atoms with E-state index in [4.69, 9.17) is 0 Å². The first-order chi connectivity index (χ1) is 15.4. The van der Waals surface area contributed by atoms with Crippen molar-refractivity contribution in [3.63, 3.8) is 0 Å². The largest absolute Gasteiger partial charge is 0.416 e. The van der Waals surface area contributed by atoms with Gasteiger partial charge in [0, 0.05) is 23.4 Å². The van der Waals surface area contributed by atoms with Crippen LogP contribution in [0.2, 0.25) is 0 Å². The highest BCUT2D eigenvalue weighted by Crippen LogP contribution is 2.32. The Labute approximate surface area is 184 Å². The molecule has 0 fully saturated rings. The fraction of sp³-hybridized carbons (Fsp3) is 0.115. The number of amides is 1. The van der Waals surface area contributed by atoms with Crippen molar-refractivity contribution in [1.29, 1.82) is 0 Å². The van der Waals surface area contributed by atoms with Crippen molar-refractivity contribution in [1.82, 2.24) is 5.32 Å². The summed E-state index contributed by atoms with van der Waals surface area (Å²) in [5, 5.41) is 6.12. The third-order valence-electron chi connectivity index (χ3n) is 5.13. The van der Waals surface area contributed by atoms with Crippen LogP contribution in [0.25, 0.3) is 17.8 Å². The van der Waals surface area contributed by atoms with Crippen molar-refractivity contribution in [2.75, 3.05) is 11.9 Å². The molecule has 1 heterocycles. The fourth-order valence-corrected chi connectivity index (χ4v) is 3.58. The number of anilines is 1. The van der Waals surface area contributed by atoms with Crippen molar-refractivity contribution in [2.45, 2.75) is 12.6 Å². The molecule has 1 aliphatic heterocycles. The standard InChI is InChI=1S/C26H21F3N2O/c27-26(28,29)21-11-4-10-20(17-21)25(32)31-23-12-5-9-19(24(23)22-13-6-16-30-22)15-14-18-7-2-1-3-8-18/h1-5,7-15,17,30H,6,16H2,(H,31,32)/b15-14+. The number of halogens is 3. The average molecular weight is 434 g/mol. The van der Waals surface area contributed by atoms with Crippen LogP contribution in [0.15, 0.2) is 78.9 Å². The van der Waals surface area contributed by atoms with Crippen LogP contribution < -0.4 is 10.6 Å². The summed E-state index contributed by atoms with van der Waals surface area (Å²) in [6.45, 7) is 0.785. The number of rotatable bonds is 5. The minimum absolute atomic E-state index is 0.0515. The molecule has 4 rings (SSSR count). The van der Waals surface area contributed by atoms with E-state index in [0.717, 1.165) is 47.5 Å². The van der Waals surface area contributed by atoms with Gasteiger partial charge in [-0.3, -0.25) is 4.79 Å². The molecule has 0 saturated carbocycles. The van der Waals surface area contributed by atoms with Crippen molar-refractivity contribution in [3.05, 3.63) is 107 Å². The van der Waals surface area contributed by atoms with Gasteiger partial charge in [-0.05, 0) is 41.8 Å². The summed E-state index contributed by atoms with van der Waals surface area (Å²) in [6.07, 6.45) is 2.34. The SMILES string of the molecule is O=C(Nc1cccc(/C=C/c2ccccc2)c1C1=CCCN1)c1cccc(C(F)(F)F)c1. The van der Waals surface area contributed by atoms with Crippen LogP contribution in [0.1, 0.15) is 39.0 Å². The lowest BCUT2D eigenvalue weighted by Crippen LogP contribution is -2.16. The van der Waals surface area contributed by atoms with Gasteiger partial charge in [0.05, 0.1) is 11.3 Å². The molecule has 0 spiro atoms. The molecular weight excluding hydrogens is 413 g/mol. The monoisotopic (exact) mass is 434 g/mol. The predicted octanol–water partition coefficient (Wildman–Crippen LogP) is 6.46. The van der Waals surface area contributed by atoms with Crippen LogP contribution in [0.3, 0.4) is 0 Å². The van der Waals surface area contributed by atoms with E-state index in [0.29, 0.717) is 5.69 Å². The van der Waals surface area contributed by atoms with E-state index in [9.17, 15) is 18.0 Å². The fourth-order valence-electron chi connectivity index (χ4n) is 3.58. The predicted molar refractivity (Wildman–Crippen MR) is 122 cm³/mol. The van der Waals surface area contributed by atoms with Crippen LogP contribution in [-0.4, -0.2) is 12.5 Å². The maximum atomic E-state index is 13.0. The van der Waals surface area contributed by atoms with Crippen molar-refractivity contribution < 1.29 is 18.0 Å². The molecule has 0 radical (unpaired) electrons. The summed E-state index contributed by atoms with van der Waals surface area (Å²) in [5.41, 5.74) is 3.23. The Hall–Kier alpha value is -3.80. The van der Waals surface area contributed by atoms with Crippen LogP contribution in [0.5, 0.6) is 0 Å². The molecule has 0 unspecified atom stereocenters. The van der Waals surface area contributed by atoms with Gasteiger partial charge < -0.3 is 10.6 Å². The van der Waals surface area contributed by atoms with Gasteiger partial charge in [-0.25, -0.2) is 0 Å². The highest BCUT2D eigenvalue weighted by atomic mass is 19.4. The van der Waals surface area contributed by atoms with E-state index in [1.165, 1.54) is 12.1 Å². The summed E-state index contributed by atoms with van der Waals surface area (Å²) in [7, 11) is 0. The lowest BCUT2D eigenvalue weighted by atomic mass is 10.00. The molecule has 162 valence electrons. The van der Waals surface area contributed by atoms with E-state index in [1.807, 2.05) is 54.6 Å². The second kappa shape index (κ2) is 9.14. The zero-order valence-electron chi connectivity index (χ0n) is 17.1. The Balaban J connectivity index is 1.68. The third-order valence-corrected chi connectivity index (χ3v) is 5.13. The van der Waals surface area contributed by atoms with E-state index in [1.54, 1.807) is 6.07 Å². The molecule has 0 aliphatic carbocycles. The van der Waals surface area contributed by atoms with Gasteiger partial charge in [-0.15, -0.1) is 0 Å². The topological polar surface area (TPSA) is 41.1 Å². The lowest BCUT2D eigenvalue weighted by Gasteiger charge is -2.16. The normalized spacial score (nSPS) is 13.7. The van der Waals surface area contributed by atoms with Gasteiger partial charge in [0.2, 0.25) is 0 Å². The Morgan fingerprint density at radius 1 is 0.938 bits per heavy atom. The molecule has 1 amide bonds. The second-order valence-corrected chi connectivity index (χ2v) is 7.38. The van der Waals surface area contributed by atoms with Crippen molar-refractivity contribution >= 4 is 29.4 Å². The number of benzene rings is 3. The van der Waals surface area contributed by atoms with Crippen LogP contribution >= 0.6 is 0 Å². The van der Waals surface area contributed by atoms with E-state index < -0.39 is 17.6 Å². The quantitative estimate of drug-likeness (QED) is 0.453. The van der Waals surface area contributed by atoms with E-state index in [2.05, 4.69) is 16.7 Å². The molecule has 0 saturated heterocycles. The minimum atomic E-state index is -4.51. The minimum Gasteiger partial charge on any atom is -0.384 e. The molecule has 3 aromatic carbocycles. The molecule has 2 N–H and O–H groups in total. The maximum absolute atomic E-state index is 13.0. The van der Waals surface area contributed by atoms with Crippen LogP contribution in [-0.2, 0) is 6.18 Å². The van der Waals surface area contributed by atoms with Crippen molar-refractivity contribution in [3.8, 4) is 0 Å². The smallest absolute Gasteiger partial charge is 0.384 e. The molecule has 1 aliphatic rings. The number of carbonyl (C=O) groups is 1. The highest BCUT2D eigenvalue weighted by Gasteiger charge is 2.31. The molecule has 32 heavy (non-hydrogen) atoms. The maximum Gasteiger partial charge on any atom is 0.416 e. The van der Waals surface area contributed by atoms with Crippen molar-refractivity contribution in [2.24, 2.45) is 0 Å². The Morgan fingerprint density at radius 3 is 2.44 bits per heavy atom. The second-order valence-electron chi connectivity index (χ2n) is 7.38. The number of hydrogen-bond acceptors (Lipinski definition) is 2. The Morgan fingerprint density at radius 2 is 1.72 bits per heavy atom. The number of carbonyl (C=O) groups excluding carboxylic acids is 1. The summed E-state index contributed by atoms with van der Waals surface area (Å²) in [5.74, 6) is -0.597. The van der Waals surface area contributed by atoms with E-state index in [-0.39, 0.29) is 5.56 Å². The van der Waals surface area contributed by atoms with Gasteiger partial charge in [0.25, 0.3) is 5.91 Å². The van der Waals surface area contributed by atoms with Gasteiger partial charge in [-0.1, -0.05) is 66.8 Å². The summed E-state index contributed by atoms with van der Waals surface area (Å²) in [6, 6.07) is 19.7. The molecule has 3 nitrogen and oxygen atoms in total. The van der Waals surface area contributed by atoms with Gasteiger partial charge in [-0.2, -0.15) is 13.2 Å². The summed E-state index contributed by atoms with van der Waals surface area (Å²) in [4.78, 5) is 12.8. The average Bonchev–Trinajstić information content (AvgIpc) is 3.32. The molecule has 0 aromatic heterocycles. The highest BCUT2D eigenvalue weighted by molar-refractivity contribution is 6.06. The van der Waals surface area contributed by atoms with Gasteiger partial charge >= 0.3 is 6.18 Å². The summed E-state index contributed by atoms with van der Waals surface area (Å²) >= 11 is 0. The van der Waals surface area contributed by atoms with Gasteiger partial charge in [0.15, 0.2) is 0 Å². The number of alkyl halides is 3. The Kier molecular flexibility index (Phi) is 6.12. The number of hydrogen-bond donors (Lipinski definition) is 2. The lowest BCUT2D eigenvalue weighted by molar-refractivity contribution is -0.137. The first-order valence-electron chi connectivity index (χ1n) is 10.2. The molecular formula is C26H21F3N2O. The first-order valence-corrected chi connectivity index (χ1v) is 10.2. The van der Waals surface area contributed by atoms with E-state index >= 15 is 0 Å². The van der Waals surface area contributed by atoms with Gasteiger partial charge in [0.1, 0.15) is 0 Å². The molecule has 0 atom stereocenters. The van der Waals surface area contributed by atoms with Crippen LogP contribution in [0.4, 0.5) is 18.9 Å². The Bertz CT molecular complexity index is 1180. The first kappa shape index (κ1) is 21.4. The summed E-state index contributed by atoms with van der Waals surface area (Å²) < 4.78 is 39.1. The third kappa shape index (κ3) is 4.91. The zero-order chi connectivity index (χ0) is 22.6. The molecule has 0 bridgehead atoms. The molecule has 6 heteroatoms. The zero-order valence-corrected chi connectivity index (χ0v) is 17.1. The van der Waals surface area contributed by atoms with Crippen LogP contribution in [0, 0.1) is 0 Å².